The summed E-state index contributed by atoms with van der Waals surface area (Å²) in [6.45, 7) is 6.22. The monoisotopic (exact) mass is 253 g/mol. The van der Waals surface area contributed by atoms with Crippen LogP contribution < -0.4 is 11.1 Å². The van der Waals surface area contributed by atoms with E-state index in [4.69, 9.17) is 5.73 Å². The molecule has 3 N–H and O–H groups in total. The molecule has 0 radical (unpaired) electrons. The largest absolute Gasteiger partial charge is 0.399 e. The van der Waals surface area contributed by atoms with Crippen LogP contribution in [-0.4, -0.2) is 31.1 Å². The summed E-state index contributed by atoms with van der Waals surface area (Å²) in [4.78, 5) is 2.31. The molecule has 4 heteroatoms. The Balaban J connectivity index is 2.22. The summed E-state index contributed by atoms with van der Waals surface area (Å²) in [5.41, 5.74) is 6.48. The number of anilines is 2. The van der Waals surface area contributed by atoms with E-state index >= 15 is 0 Å². The molecule has 0 heterocycles. The smallest absolute Gasteiger partial charge is 0.148 e. The molecular formula is C14H24FN3. The van der Waals surface area contributed by atoms with Gasteiger partial charge in [0.15, 0.2) is 0 Å². The van der Waals surface area contributed by atoms with Crippen LogP contribution in [0.2, 0.25) is 0 Å². The number of nitrogens with zero attached hydrogens (tertiary/aromatic N) is 1. The van der Waals surface area contributed by atoms with Crippen molar-refractivity contribution in [1.82, 2.24) is 4.90 Å². The highest BCUT2D eigenvalue weighted by Gasteiger charge is 2.03. The number of rotatable bonds is 7. The average Bonchev–Trinajstić information content (AvgIpc) is 2.30. The van der Waals surface area contributed by atoms with Crippen molar-refractivity contribution in [3.8, 4) is 0 Å². The van der Waals surface area contributed by atoms with Crippen molar-refractivity contribution in [2.24, 2.45) is 0 Å². The number of halogens is 1. The lowest BCUT2D eigenvalue weighted by Crippen LogP contribution is -2.27. The number of hydrogen-bond donors (Lipinski definition) is 2. The van der Waals surface area contributed by atoms with Crippen LogP contribution in [0.1, 0.15) is 26.7 Å². The zero-order chi connectivity index (χ0) is 13.5. The van der Waals surface area contributed by atoms with Crippen LogP contribution in [0.15, 0.2) is 18.2 Å². The van der Waals surface area contributed by atoms with Crippen LogP contribution in [0.4, 0.5) is 15.8 Å². The van der Waals surface area contributed by atoms with Crippen molar-refractivity contribution < 1.29 is 4.39 Å². The molecule has 1 aromatic rings. The number of hydrogen-bond acceptors (Lipinski definition) is 3. The fourth-order valence-electron chi connectivity index (χ4n) is 1.64. The van der Waals surface area contributed by atoms with Gasteiger partial charge in [-0.2, -0.15) is 0 Å². The Hall–Kier alpha value is -1.29. The zero-order valence-corrected chi connectivity index (χ0v) is 11.5. The summed E-state index contributed by atoms with van der Waals surface area (Å²) < 4.78 is 13.4. The van der Waals surface area contributed by atoms with Gasteiger partial charge in [-0.15, -0.1) is 0 Å². The maximum atomic E-state index is 13.4. The summed E-state index contributed by atoms with van der Waals surface area (Å²) in [5, 5.41) is 3.09. The third-order valence-corrected chi connectivity index (χ3v) is 3.13. The van der Waals surface area contributed by atoms with Crippen LogP contribution in [0.5, 0.6) is 0 Å². The second kappa shape index (κ2) is 7.21. The standard InChI is InChI=1S/C14H24FN3/c1-11(2)18(3)9-5-4-8-17-14-7-6-12(16)10-13(14)15/h6-7,10-11,17H,4-5,8-9,16H2,1-3H3. The van der Waals surface area contributed by atoms with Gasteiger partial charge < -0.3 is 16.0 Å². The maximum absolute atomic E-state index is 13.4. The fraction of sp³-hybridized carbons (Fsp3) is 0.571. The lowest BCUT2D eigenvalue weighted by Gasteiger charge is -2.20. The van der Waals surface area contributed by atoms with E-state index in [1.165, 1.54) is 6.07 Å². The predicted octanol–water partition coefficient (Wildman–Crippen LogP) is 2.94. The molecule has 0 fully saturated rings. The van der Waals surface area contributed by atoms with Crippen LogP contribution in [0.25, 0.3) is 0 Å². The summed E-state index contributed by atoms with van der Waals surface area (Å²) in [5.74, 6) is -0.283. The third kappa shape index (κ3) is 4.92. The number of nitrogens with one attached hydrogen (secondary N) is 1. The molecule has 0 aliphatic carbocycles. The quantitative estimate of drug-likeness (QED) is 0.580. The Bertz CT molecular complexity index is 366. The Morgan fingerprint density at radius 1 is 1.33 bits per heavy atom. The molecule has 0 aromatic heterocycles. The lowest BCUT2D eigenvalue weighted by molar-refractivity contribution is 0.269. The van der Waals surface area contributed by atoms with Gasteiger partial charge in [0.1, 0.15) is 5.82 Å². The average molecular weight is 253 g/mol. The second-order valence-electron chi connectivity index (χ2n) is 4.95. The molecular weight excluding hydrogens is 229 g/mol. The SMILES string of the molecule is CC(C)N(C)CCCCNc1ccc(N)cc1F. The minimum Gasteiger partial charge on any atom is -0.399 e. The highest BCUT2D eigenvalue weighted by Crippen LogP contribution is 2.16. The van der Waals surface area contributed by atoms with E-state index in [2.05, 4.69) is 31.1 Å². The van der Waals surface area contributed by atoms with Gasteiger partial charge in [-0.05, 0) is 58.5 Å². The van der Waals surface area contributed by atoms with Gasteiger partial charge >= 0.3 is 0 Å². The summed E-state index contributed by atoms with van der Waals surface area (Å²) in [7, 11) is 2.12. The lowest BCUT2D eigenvalue weighted by atomic mass is 10.2. The van der Waals surface area contributed by atoms with Crippen LogP contribution in [-0.2, 0) is 0 Å². The van der Waals surface area contributed by atoms with Crippen molar-refractivity contribution in [2.75, 3.05) is 31.2 Å². The first-order chi connectivity index (χ1) is 8.50. The normalized spacial score (nSPS) is 11.2. The molecule has 0 unspecified atom stereocenters. The Morgan fingerprint density at radius 2 is 2.06 bits per heavy atom. The van der Waals surface area contributed by atoms with Crippen LogP contribution in [0.3, 0.4) is 0 Å². The second-order valence-corrected chi connectivity index (χ2v) is 4.95. The molecule has 102 valence electrons. The Morgan fingerprint density at radius 3 is 2.67 bits per heavy atom. The maximum Gasteiger partial charge on any atom is 0.148 e. The Kier molecular flexibility index (Phi) is 5.92. The van der Waals surface area contributed by atoms with Gasteiger partial charge in [0.25, 0.3) is 0 Å². The van der Waals surface area contributed by atoms with Crippen molar-refractivity contribution in [3.63, 3.8) is 0 Å². The van der Waals surface area contributed by atoms with E-state index in [1.807, 2.05) is 0 Å². The molecule has 0 saturated heterocycles. The molecule has 3 nitrogen and oxygen atoms in total. The van der Waals surface area contributed by atoms with E-state index in [1.54, 1.807) is 12.1 Å². The topological polar surface area (TPSA) is 41.3 Å². The van der Waals surface area contributed by atoms with Gasteiger partial charge in [-0.25, -0.2) is 4.39 Å². The molecule has 0 saturated carbocycles. The third-order valence-electron chi connectivity index (χ3n) is 3.13. The number of nitrogens with two attached hydrogens (primary N) is 1. The summed E-state index contributed by atoms with van der Waals surface area (Å²) >= 11 is 0. The van der Waals surface area contributed by atoms with E-state index in [0.717, 1.165) is 25.9 Å². The number of unbranched alkanes of at least 4 members (excludes halogenated alkanes) is 1. The van der Waals surface area contributed by atoms with Gasteiger partial charge in [0.2, 0.25) is 0 Å². The molecule has 1 aromatic carbocycles. The fourth-order valence-corrected chi connectivity index (χ4v) is 1.64. The molecule has 0 spiro atoms. The van der Waals surface area contributed by atoms with Crippen molar-refractivity contribution in [3.05, 3.63) is 24.0 Å². The van der Waals surface area contributed by atoms with Crippen LogP contribution in [0, 0.1) is 5.82 Å². The highest BCUT2D eigenvalue weighted by molar-refractivity contribution is 5.52. The molecule has 0 aliphatic rings. The Labute approximate surface area is 109 Å². The van der Waals surface area contributed by atoms with Crippen LogP contribution >= 0.6 is 0 Å². The summed E-state index contributed by atoms with van der Waals surface area (Å²) in [6, 6.07) is 5.31. The first-order valence-corrected chi connectivity index (χ1v) is 6.50. The van der Waals surface area contributed by atoms with E-state index in [-0.39, 0.29) is 5.82 Å². The van der Waals surface area contributed by atoms with Crippen molar-refractivity contribution >= 4 is 11.4 Å². The summed E-state index contributed by atoms with van der Waals surface area (Å²) in [6.07, 6.45) is 2.14. The van der Waals surface area contributed by atoms with E-state index < -0.39 is 0 Å². The molecule has 18 heavy (non-hydrogen) atoms. The highest BCUT2D eigenvalue weighted by atomic mass is 19.1. The zero-order valence-electron chi connectivity index (χ0n) is 11.5. The minimum atomic E-state index is -0.283. The minimum absolute atomic E-state index is 0.283. The first-order valence-electron chi connectivity index (χ1n) is 6.50. The van der Waals surface area contributed by atoms with E-state index in [9.17, 15) is 4.39 Å². The first kappa shape index (κ1) is 14.8. The molecule has 0 atom stereocenters. The van der Waals surface area contributed by atoms with Crippen molar-refractivity contribution in [2.45, 2.75) is 32.7 Å². The van der Waals surface area contributed by atoms with Gasteiger partial charge in [-0.3, -0.25) is 0 Å². The van der Waals surface area contributed by atoms with Crippen molar-refractivity contribution in [1.29, 1.82) is 0 Å². The van der Waals surface area contributed by atoms with E-state index in [0.29, 0.717) is 17.4 Å². The predicted molar refractivity (Wildman–Crippen MR) is 76.3 cm³/mol. The number of benzene rings is 1. The molecule has 1 rings (SSSR count). The van der Waals surface area contributed by atoms with Gasteiger partial charge in [0.05, 0.1) is 5.69 Å². The number of nitrogen functional groups attached to an aromatic ring is 1. The van der Waals surface area contributed by atoms with Gasteiger partial charge in [0, 0.05) is 18.3 Å². The molecule has 0 aliphatic heterocycles. The van der Waals surface area contributed by atoms with Gasteiger partial charge in [-0.1, -0.05) is 0 Å². The molecule has 0 amide bonds. The molecule has 0 bridgehead atoms.